The average molecular weight is 751 g/mol. The van der Waals surface area contributed by atoms with E-state index in [0.717, 1.165) is 24.0 Å². The molecule has 0 heterocycles. The maximum absolute atomic E-state index is 12.6. The molecule has 0 spiro atoms. The first kappa shape index (κ1) is 45.2. The number of benzene rings is 2. The fourth-order valence-electron chi connectivity index (χ4n) is 6.66. The second-order valence-electron chi connectivity index (χ2n) is 14.5. The van der Waals surface area contributed by atoms with Gasteiger partial charge in [-0.15, -0.1) is 0 Å². The summed E-state index contributed by atoms with van der Waals surface area (Å²) in [5.74, 6) is 0. The lowest BCUT2D eigenvalue weighted by Gasteiger charge is -2.08. The largest absolute Gasteiger partial charge is 0.701 e. The number of hydrogen-bond donors (Lipinski definition) is 0. The molecular formula is C44H72Cl2O3P+. The van der Waals surface area contributed by atoms with Crippen LogP contribution in [0.3, 0.4) is 0 Å². The minimum Gasteiger partial charge on any atom is -0.0945 e. The van der Waals surface area contributed by atoms with Gasteiger partial charge in [0.2, 0.25) is 11.1 Å². The Balaban J connectivity index is 1.51. The van der Waals surface area contributed by atoms with Crippen LogP contribution in [0.1, 0.15) is 214 Å². The molecule has 0 aromatic heterocycles. The van der Waals surface area contributed by atoms with Crippen LogP contribution in [0.2, 0.25) is 0 Å². The molecule has 0 fully saturated rings. The van der Waals surface area contributed by atoms with Crippen LogP contribution in [-0.2, 0) is 26.5 Å². The SMILES string of the molecule is CCCCCCCCCCCCCCCc1ccc(C(Cl)O[P+](=O)OC(Cl)c2ccc(CCCCCCCCCCCCCCC)cc2)cc1. The zero-order valence-corrected chi connectivity index (χ0v) is 34.4. The Morgan fingerprint density at radius 3 is 0.920 bits per heavy atom. The molecule has 50 heavy (non-hydrogen) atoms. The Kier molecular flexibility index (Phi) is 28.5. The molecule has 2 aromatic rings. The van der Waals surface area contributed by atoms with Crippen molar-refractivity contribution in [1.82, 2.24) is 0 Å². The van der Waals surface area contributed by atoms with Gasteiger partial charge in [-0.1, -0.05) is 249 Å². The van der Waals surface area contributed by atoms with Gasteiger partial charge in [0.1, 0.15) is 0 Å². The monoisotopic (exact) mass is 749 g/mol. The van der Waals surface area contributed by atoms with Crippen LogP contribution in [0, 0.1) is 0 Å². The highest BCUT2D eigenvalue weighted by Gasteiger charge is 2.31. The van der Waals surface area contributed by atoms with Crippen LogP contribution >= 0.6 is 31.5 Å². The lowest BCUT2D eigenvalue weighted by Crippen LogP contribution is -1.97. The third-order valence-electron chi connectivity index (χ3n) is 9.98. The number of alkyl halides is 2. The Morgan fingerprint density at radius 1 is 0.420 bits per heavy atom. The third kappa shape index (κ3) is 23.6. The van der Waals surface area contributed by atoms with Crippen molar-refractivity contribution in [1.29, 1.82) is 0 Å². The molecule has 2 aromatic carbocycles. The van der Waals surface area contributed by atoms with Crippen LogP contribution in [0.15, 0.2) is 48.5 Å². The van der Waals surface area contributed by atoms with E-state index in [1.165, 1.54) is 178 Å². The molecular weight excluding hydrogens is 678 g/mol. The topological polar surface area (TPSA) is 35.5 Å². The van der Waals surface area contributed by atoms with E-state index in [0.29, 0.717) is 0 Å². The maximum Gasteiger partial charge on any atom is 0.701 e. The van der Waals surface area contributed by atoms with Crippen molar-refractivity contribution in [2.45, 2.75) is 205 Å². The summed E-state index contributed by atoms with van der Waals surface area (Å²) in [6, 6.07) is 16.2. The van der Waals surface area contributed by atoms with E-state index in [-0.39, 0.29) is 0 Å². The predicted molar refractivity (Wildman–Crippen MR) is 219 cm³/mol. The Morgan fingerprint density at radius 2 is 0.660 bits per heavy atom. The van der Waals surface area contributed by atoms with Gasteiger partial charge in [-0.2, -0.15) is 0 Å². The van der Waals surface area contributed by atoms with Crippen LogP contribution in [0.5, 0.6) is 0 Å². The summed E-state index contributed by atoms with van der Waals surface area (Å²) in [4.78, 5) is 0. The molecule has 0 N–H and O–H groups in total. The van der Waals surface area contributed by atoms with E-state index in [9.17, 15) is 4.57 Å². The van der Waals surface area contributed by atoms with Crippen molar-refractivity contribution >= 4 is 31.5 Å². The second-order valence-corrected chi connectivity index (χ2v) is 16.2. The van der Waals surface area contributed by atoms with Crippen molar-refractivity contribution in [2.24, 2.45) is 0 Å². The van der Waals surface area contributed by atoms with Gasteiger partial charge in [0.05, 0.1) is 0 Å². The molecule has 0 saturated heterocycles. The zero-order valence-electron chi connectivity index (χ0n) is 32.0. The first-order valence-corrected chi connectivity index (χ1v) is 22.8. The van der Waals surface area contributed by atoms with Crippen molar-refractivity contribution < 1.29 is 13.6 Å². The molecule has 0 amide bonds. The standard InChI is InChI=1S/C44H72Cl2O3P/c1-3-5-7-9-11-13-15-17-19-21-23-25-27-29-39-31-35-41(36-32-39)43(45)48-50(47)49-44(46)42-37-33-40(34-38-42)30-28-26-24-22-20-18-16-14-12-10-8-6-4-2/h31-38,43-44H,3-30H2,1-2H3/q+1. The van der Waals surface area contributed by atoms with Gasteiger partial charge in [0, 0.05) is 15.7 Å². The van der Waals surface area contributed by atoms with Crippen molar-refractivity contribution in [3.63, 3.8) is 0 Å². The molecule has 0 bridgehead atoms. The van der Waals surface area contributed by atoms with E-state index in [1.54, 1.807) is 0 Å². The molecule has 0 aliphatic heterocycles. The first-order valence-electron chi connectivity index (χ1n) is 20.8. The summed E-state index contributed by atoms with van der Waals surface area (Å²) in [5, 5.41) is 0. The van der Waals surface area contributed by atoms with Gasteiger partial charge in [0.25, 0.3) is 0 Å². The maximum atomic E-state index is 12.6. The fourth-order valence-corrected chi connectivity index (χ4v) is 7.94. The van der Waals surface area contributed by atoms with E-state index >= 15 is 0 Å². The van der Waals surface area contributed by atoms with Gasteiger partial charge in [-0.05, 0) is 36.8 Å². The Bertz CT molecular complexity index is 978. The minimum atomic E-state index is -2.48. The minimum absolute atomic E-state index is 0.761. The van der Waals surface area contributed by atoms with Gasteiger partial charge < -0.3 is 0 Å². The van der Waals surface area contributed by atoms with Crippen LogP contribution in [0.4, 0.5) is 0 Å². The molecule has 0 saturated carbocycles. The molecule has 0 aliphatic carbocycles. The van der Waals surface area contributed by atoms with Crippen LogP contribution < -0.4 is 0 Å². The first-order chi connectivity index (χ1) is 24.5. The highest BCUT2D eigenvalue weighted by Crippen LogP contribution is 2.41. The van der Waals surface area contributed by atoms with E-state index < -0.39 is 19.4 Å². The van der Waals surface area contributed by atoms with Gasteiger partial charge >= 0.3 is 8.25 Å². The fraction of sp³-hybridized carbons (Fsp3) is 0.727. The van der Waals surface area contributed by atoms with E-state index in [1.807, 2.05) is 24.3 Å². The molecule has 3 nitrogen and oxygen atoms in total. The normalized spacial score (nSPS) is 13.1. The summed E-state index contributed by atoms with van der Waals surface area (Å²) < 4.78 is 23.5. The summed E-state index contributed by atoms with van der Waals surface area (Å²) in [6.07, 6.45) is 37.6. The highest BCUT2D eigenvalue weighted by atomic mass is 35.5. The molecule has 0 radical (unpaired) electrons. The lowest BCUT2D eigenvalue weighted by molar-refractivity contribution is 0.198. The second kappa shape index (κ2) is 31.6. The molecule has 2 rings (SSSR count). The van der Waals surface area contributed by atoms with Gasteiger partial charge in [0.15, 0.2) is 0 Å². The van der Waals surface area contributed by atoms with E-state index in [4.69, 9.17) is 32.2 Å². The quantitative estimate of drug-likeness (QED) is 0.0406. The number of rotatable bonds is 34. The van der Waals surface area contributed by atoms with Crippen molar-refractivity contribution in [3.8, 4) is 0 Å². The number of aryl methyl sites for hydroxylation is 2. The van der Waals surface area contributed by atoms with Crippen molar-refractivity contribution in [3.05, 3.63) is 70.8 Å². The Labute approximate surface area is 319 Å². The summed E-state index contributed by atoms with van der Waals surface area (Å²) in [7, 11) is -2.48. The van der Waals surface area contributed by atoms with Crippen LogP contribution in [-0.4, -0.2) is 0 Å². The van der Waals surface area contributed by atoms with Gasteiger partial charge in [-0.25, -0.2) is 0 Å². The molecule has 284 valence electrons. The number of halogens is 2. The molecule has 6 heteroatoms. The summed E-state index contributed by atoms with van der Waals surface area (Å²) in [5.41, 5.74) is 2.37. The molecule has 2 unspecified atom stereocenters. The predicted octanol–water partition coefficient (Wildman–Crippen LogP) is 16.8. The smallest absolute Gasteiger partial charge is 0.0945 e. The zero-order chi connectivity index (χ0) is 35.9. The molecule has 2 atom stereocenters. The van der Waals surface area contributed by atoms with Crippen LogP contribution in [0.25, 0.3) is 0 Å². The third-order valence-corrected chi connectivity index (χ3v) is 11.7. The summed E-state index contributed by atoms with van der Waals surface area (Å²) in [6.45, 7) is 4.56. The van der Waals surface area contributed by atoms with Crippen molar-refractivity contribution in [2.75, 3.05) is 0 Å². The molecule has 0 aliphatic rings. The number of unbranched alkanes of at least 4 members (excludes halogenated alkanes) is 24. The van der Waals surface area contributed by atoms with E-state index in [2.05, 4.69) is 38.1 Å². The van der Waals surface area contributed by atoms with Gasteiger partial charge in [-0.3, -0.25) is 0 Å². The number of hydrogen-bond acceptors (Lipinski definition) is 3. The lowest BCUT2D eigenvalue weighted by atomic mass is 10.0. The summed E-state index contributed by atoms with van der Waals surface area (Å²) >= 11 is 12.9. The Hall–Kier alpha value is -0.960. The average Bonchev–Trinajstić information content (AvgIpc) is 3.12. The highest BCUT2D eigenvalue weighted by molar-refractivity contribution is 7.33.